The molecule has 17 heavy (non-hydrogen) atoms. The second kappa shape index (κ2) is 6.73. The van der Waals surface area contributed by atoms with E-state index in [0.29, 0.717) is 21.2 Å². The van der Waals surface area contributed by atoms with Crippen LogP contribution in [0.25, 0.3) is 0 Å². The van der Waals surface area contributed by atoms with Gasteiger partial charge >= 0.3 is 0 Å². The molecule has 0 heterocycles. The minimum Gasteiger partial charge on any atom is -0.345 e. The van der Waals surface area contributed by atoms with Gasteiger partial charge in [-0.05, 0) is 47.7 Å². The van der Waals surface area contributed by atoms with Crippen molar-refractivity contribution in [3.63, 3.8) is 0 Å². The average molecular weight is 495 g/mol. The van der Waals surface area contributed by atoms with Crippen LogP contribution in [0.5, 0.6) is 0 Å². The highest BCUT2D eigenvalue weighted by Crippen LogP contribution is 2.19. The van der Waals surface area contributed by atoms with Gasteiger partial charge in [-0.2, -0.15) is 0 Å². The Morgan fingerprint density at radius 1 is 1.47 bits per heavy atom. The Hall–Kier alpha value is 0.670. The number of carbonyl (C=O) groups is 1. The van der Waals surface area contributed by atoms with E-state index < -0.39 is 0 Å². The molecule has 0 saturated heterocycles. The molecule has 1 N–H and O–H groups in total. The lowest BCUT2D eigenvalue weighted by molar-refractivity contribution is 0.0922. The van der Waals surface area contributed by atoms with Crippen molar-refractivity contribution in [2.24, 2.45) is 0 Å². The quantitative estimate of drug-likeness (QED) is 0.492. The molecule has 0 aromatic heterocycles. The molecule has 0 aliphatic rings. The number of amides is 1. The Kier molecular flexibility index (Phi) is 6.22. The fourth-order valence-corrected chi connectivity index (χ4v) is 3.08. The van der Waals surface area contributed by atoms with Crippen molar-refractivity contribution >= 4 is 72.0 Å². The zero-order valence-electron chi connectivity index (χ0n) is 9.07. The Bertz CT molecular complexity index is 424. The number of hydrogen-bond acceptors (Lipinski definition) is 1. The van der Waals surface area contributed by atoms with Crippen molar-refractivity contribution in [3.05, 3.63) is 32.4 Å². The highest BCUT2D eigenvalue weighted by molar-refractivity contribution is 14.1. The van der Waals surface area contributed by atoms with E-state index in [-0.39, 0.29) is 11.4 Å². The van der Waals surface area contributed by atoms with E-state index in [1.807, 2.05) is 13.0 Å². The lowest BCUT2D eigenvalue weighted by atomic mass is 10.1. The molecule has 0 fully saturated rings. The van der Waals surface area contributed by atoms with Crippen LogP contribution in [0.1, 0.15) is 17.3 Å². The van der Waals surface area contributed by atoms with Gasteiger partial charge in [0.05, 0.1) is 11.1 Å². The van der Waals surface area contributed by atoms with Crippen molar-refractivity contribution in [1.29, 1.82) is 0 Å². The van der Waals surface area contributed by atoms with E-state index in [2.05, 4.69) is 59.8 Å². The minimum atomic E-state index is -0.317. The number of nitrogens with one attached hydrogen (secondary N) is 1. The zero-order valence-corrected chi connectivity index (χ0v) is 15.2. The first-order valence-electron chi connectivity index (χ1n) is 4.81. The number of hydrogen-bond donors (Lipinski definition) is 1. The van der Waals surface area contributed by atoms with Crippen LogP contribution in [0, 0.1) is 3.57 Å². The topological polar surface area (TPSA) is 29.1 Å². The molecule has 1 amide bonds. The highest BCUT2D eigenvalue weighted by atomic mass is 127. The van der Waals surface area contributed by atoms with E-state index in [4.69, 9.17) is 11.6 Å². The van der Waals surface area contributed by atoms with E-state index in [9.17, 15) is 4.79 Å². The summed E-state index contributed by atoms with van der Waals surface area (Å²) >= 11 is 14.8. The third-order valence-corrected chi connectivity index (χ3v) is 5.83. The summed E-state index contributed by atoms with van der Waals surface area (Å²) in [7, 11) is 0. The molecule has 0 saturated carbocycles. The Morgan fingerprint density at radius 3 is 2.59 bits per heavy atom. The second-order valence-corrected chi connectivity index (χ2v) is 6.63. The Balaban J connectivity index is 2.94. The van der Waals surface area contributed by atoms with Crippen LogP contribution in [-0.2, 0) is 0 Å². The first-order valence-corrected chi connectivity index (χ1v) is 8.51. The molecule has 1 aromatic carbocycles. The van der Waals surface area contributed by atoms with Crippen LogP contribution >= 0.6 is 66.1 Å². The van der Waals surface area contributed by atoms with Gasteiger partial charge in [0.25, 0.3) is 5.91 Å². The summed E-state index contributed by atoms with van der Waals surface area (Å²) in [6.07, 6.45) is 0. The Labute approximate surface area is 136 Å². The highest BCUT2D eigenvalue weighted by Gasteiger charge is 2.25. The van der Waals surface area contributed by atoms with Crippen molar-refractivity contribution in [3.8, 4) is 0 Å². The number of rotatable bonds is 4. The van der Waals surface area contributed by atoms with Crippen LogP contribution in [-0.4, -0.2) is 22.1 Å². The second-order valence-electron chi connectivity index (χ2n) is 3.91. The molecule has 2 nitrogen and oxygen atoms in total. The normalized spacial score (nSPS) is 11.4. The fourth-order valence-electron chi connectivity index (χ4n) is 1.12. The molecule has 1 aromatic rings. The third kappa shape index (κ3) is 4.36. The number of halogens is 4. The van der Waals surface area contributed by atoms with E-state index in [0.717, 1.165) is 3.57 Å². The molecular formula is C11H11Br2ClINO. The fraction of sp³-hybridized carbons (Fsp3) is 0.364. The van der Waals surface area contributed by atoms with Gasteiger partial charge in [0.1, 0.15) is 0 Å². The molecule has 0 atom stereocenters. The minimum absolute atomic E-state index is 0.113. The van der Waals surface area contributed by atoms with Crippen LogP contribution in [0.2, 0.25) is 5.02 Å². The van der Waals surface area contributed by atoms with Crippen LogP contribution in [0.4, 0.5) is 0 Å². The van der Waals surface area contributed by atoms with Gasteiger partial charge in [0.2, 0.25) is 0 Å². The van der Waals surface area contributed by atoms with Gasteiger partial charge in [-0.15, -0.1) is 0 Å². The summed E-state index contributed by atoms with van der Waals surface area (Å²) in [4.78, 5) is 12.1. The molecule has 0 bridgehead atoms. The predicted molar refractivity (Wildman–Crippen MR) is 87.6 cm³/mol. The van der Waals surface area contributed by atoms with Crippen molar-refractivity contribution in [2.45, 2.75) is 12.5 Å². The molecule has 0 spiro atoms. The molecule has 1 rings (SSSR count). The predicted octanol–water partition coefficient (Wildman–Crippen LogP) is 4.22. The lowest BCUT2D eigenvalue weighted by Crippen LogP contribution is -2.49. The summed E-state index contributed by atoms with van der Waals surface area (Å²) < 4.78 is 0.885. The van der Waals surface area contributed by atoms with E-state index in [1.54, 1.807) is 12.1 Å². The largest absolute Gasteiger partial charge is 0.345 e. The van der Waals surface area contributed by atoms with Crippen molar-refractivity contribution in [1.82, 2.24) is 5.32 Å². The van der Waals surface area contributed by atoms with Gasteiger partial charge in [-0.25, -0.2) is 0 Å². The van der Waals surface area contributed by atoms with Crippen LogP contribution in [0.15, 0.2) is 18.2 Å². The van der Waals surface area contributed by atoms with Crippen LogP contribution in [0.3, 0.4) is 0 Å². The number of carbonyl (C=O) groups excluding carboxylic acids is 1. The van der Waals surface area contributed by atoms with E-state index >= 15 is 0 Å². The van der Waals surface area contributed by atoms with Gasteiger partial charge in [0, 0.05) is 19.3 Å². The molecule has 0 aliphatic heterocycles. The van der Waals surface area contributed by atoms with Crippen molar-refractivity contribution in [2.75, 3.05) is 10.7 Å². The maximum atomic E-state index is 12.1. The molecule has 0 radical (unpaired) electrons. The number of benzene rings is 1. The average Bonchev–Trinajstić information content (AvgIpc) is 2.32. The van der Waals surface area contributed by atoms with Gasteiger partial charge in [-0.3, -0.25) is 4.79 Å². The Morgan fingerprint density at radius 2 is 2.06 bits per heavy atom. The SMILES string of the molecule is CC(CBr)(CBr)NC(=O)c1cc(Cl)ccc1I. The summed E-state index contributed by atoms with van der Waals surface area (Å²) in [5.74, 6) is -0.113. The van der Waals surface area contributed by atoms with Gasteiger partial charge < -0.3 is 5.32 Å². The lowest BCUT2D eigenvalue weighted by Gasteiger charge is -2.26. The van der Waals surface area contributed by atoms with E-state index in [1.165, 1.54) is 0 Å². The summed E-state index contributed by atoms with van der Waals surface area (Å²) in [6, 6.07) is 5.28. The molecule has 0 aliphatic carbocycles. The first kappa shape index (κ1) is 15.7. The summed E-state index contributed by atoms with van der Waals surface area (Å²) in [6.45, 7) is 1.96. The summed E-state index contributed by atoms with van der Waals surface area (Å²) in [5.41, 5.74) is 0.286. The smallest absolute Gasteiger partial charge is 0.252 e. The van der Waals surface area contributed by atoms with Crippen LogP contribution < -0.4 is 5.32 Å². The van der Waals surface area contributed by atoms with Gasteiger partial charge in [-0.1, -0.05) is 43.5 Å². The zero-order chi connectivity index (χ0) is 13.1. The third-order valence-electron chi connectivity index (χ3n) is 2.18. The standard InChI is InChI=1S/C11H11Br2ClINO/c1-11(5-12,6-13)16-10(17)8-4-7(14)2-3-9(8)15/h2-4H,5-6H2,1H3,(H,16,17). The maximum Gasteiger partial charge on any atom is 0.252 e. The molecule has 94 valence electrons. The van der Waals surface area contributed by atoms with Gasteiger partial charge in [0.15, 0.2) is 0 Å². The monoisotopic (exact) mass is 493 g/mol. The molecule has 0 unspecified atom stereocenters. The maximum absolute atomic E-state index is 12.1. The first-order chi connectivity index (χ1) is 7.91. The molecule has 6 heteroatoms. The number of alkyl halides is 2. The summed E-state index contributed by atoms with van der Waals surface area (Å²) in [5, 5.41) is 4.90. The van der Waals surface area contributed by atoms with Crippen molar-refractivity contribution < 1.29 is 4.79 Å². The molecular weight excluding hydrogens is 484 g/mol.